The standard InChI is InChI=1S/C8H8FIO/c9-7-2-1-6(3-4-11)8(10)5-7/h1-2,5,11H,3-4H2. The normalized spacial score (nSPS) is 10.1. The molecule has 60 valence electrons. The number of hydrogen-bond donors (Lipinski definition) is 1. The summed E-state index contributed by atoms with van der Waals surface area (Å²) in [6.07, 6.45) is 0.596. The number of benzene rings is 1. The van der Waals surface area contributed by atoms with E-state index >= 15 is 0 Å². The summed E-state index contributed by atoms with van der Waals surface area (Å²) in [6, 6.07) is 4.58. The quantitative estimate of drug-likeness (QED) is 0.811. The van der Waals surface area contributed by atoms with E-state index in [1.54, 1.807) is 6.07 Å². The van der Waals surface area contributed by atoms with Crippen LogP contribution in [0.5, 0.6) is 0 Å². The topological polar surface area (TPSA) is 20.2 Å². The average Bonchev–Trinajstić information content (AvgIpc) is 1.95. The Hall–Kier alpha value is -0.160. The molecule has 3 heteroatoms. The summed E-state index contributed by atoms with van der Waals surface area (Å²) in [4.78, 5) is 0. The molecule has 0 atom stereocenters. The van der Waals surface area contributed by atoms with Gasteiger partial charge in [0, 0.05) is 10.2 Å². The first-order valence-electron chi connectivity index (χ1n) is 3.29. The summed E-state index contributed by atoms with van der Waals surface area (Å²) < 4.78 is 13.4. The molecule has 0 unspecified atom stereocenters. The lowest BCUT2D eigenvalue weighted by Crippen LogP contribution is -1.94. The van der Waals surface area contributed by atoms with Crippen molar-refractivity contribution in [3.63, 3.8) is 0 Å². The molecule has 0 saturated carbocycles. The summed E-state index contributed by atoms with van der Waals surface area (Å²) in [5.74, 6) is -0.226. The van der Waals surface area contributed by atoms with Gasteiger partial charge >= 0.3 is 0 Å². The Kier molecular flexibility index (Phi) is 3.26. The Bertz CT molecular complexity index is 250. The van der Waals surface area contributed by atoms with Crippen LogP contribution >= 0.6 is 22.6 Å². The van der Waals surface area contributed by atoms with Gasteiger partial charge in [-0.3, -0.25) is 0 Å². The SMILES string of the molecule is OCCc1ccc(F)cc1I. The van der Waals surface area contributed by atoms with Gasteiger partial charge in [0.05, 0.1) is 0 Å². The van der Waals surface area contributed by atoms with Gasteiger partial charge in [-0.1, -0.05) is 6.07 Å². The second-order valence-electron chi connectivity index (χ2n) is 2.21. The molecule has 0 spiro atoms. The van der Waals surface area contributed by atoms with Crippen LogP contribution in [0.3, 0.4) is 0 Å². The van der Waals surface area contributed by atoms with Crippen LogP contribution < -0.4 is 0 Å². The number of halogens is 2. The van der Waals surface area contributed by atoms with Crippen LogP contribution in [0.15, 0.2) is 18.2 Å². The van der Waals surface area contributed by atoms with Crippen LogP contribution in [0.1, 0.15) is 5.56 Å². The van der Waals surface area contributed by atoms with Crippen molar-refractivity contribution in [2.75, 3.05) is 6.61 Å². The van der Waals surface area contributed by atoms with E-state index in [0.29, 0.717) is 6.42 Å². The lowest BCUT2D eigenvalue weighted by Gasteiger charge is -2.00. The van der Waals surface area contributed by atoms with E-state index in [2.05, 4.69) is 22.6 Å². The second-order valence-corrected chi connectivity index (χ2v) is 3.37. The van der Waals surface area contributed by atoms with Gasteiger partial charge in [0.1, 0.15) is 5.82 Å². The molecule has 1 rings (SSSR count). The zero-order valence-corrected chi connectivity index (χ0v) is 8.01. The second kappa shape index (κ2) is 4.01. The maximum Gasteiger partial charge on any atom is 0.124 e. The molecule has 11 heavy (non-hydrogen) atoms. The predicted octanol–water partition coefficient (Wildman–Crippen LogP) is 1.97. The van der Waals surface area contributed by atoms with Crippen LogP contribution in [0, 0.1) is 9.39 Å². The Morgan fingerprint density at radius 1 is 1.45 bits per heavy atom. The van der Waals surface area contributed by atoms with Gasteiger partial charge in [-0.05, 0) is 46.7 Å². The zero-order valence-electron chi connectivity index (χ0n) is 5.85. The van der Waals surface area contributed by atoms with E-state index < -0.39 is 0 Å². The molecule has 1 N–H and O–H groups in total. The Morgan fingerprint density at radius 3 is 2.73 bits per heavy atom. The Morgan fingerprint density at radius 2 is 2.18 bits per heavy atom. The number of rotatable bonds is 2. The molecule has 1 aromatic rings. The molecule has 0 bridgehead atoms. The van der Waals surface area contributed by atoms with Gasteiger partial charge < -0.3 is 5.11 Å². The molecule has 0 amide bonds. The van der Waals surface area contributed by atoms with Gasteiger partial charge in [0.2, 0.25) is 0 Å². The molecular weight excluding hydrogens is 258 g/mol. The predicted molar refractivity (Wildman–Crippen MR) is 49.9 cm³/mol. The van der Waals surface area contributed by atoms with E-state index in [-0.39, 0.29) is 12.4 Å². The highest BCUT2D eigenvalue weighted by Gasteiger charge is 1.99. The molecule has 0 heterocycles. The molecule has 0 radical (unpaired) electrons. The van der Waals surface area contributed by atoms with Crippen molar-refractivity contribution in [1.29, 1.82) is 0 Å². The first-order chi connectivity index (χ1) is 5.24. The minimum atomic E-state index is -0.226. The van der Waals surface area contributed by atoms with E-state index in [4.69, 9.17) is 5.11 Å². The monoisotopic (exact) mass is 266 g/mol. The smallest absolute Gasteiger partial charge is 0.124 e. The van der Waals surface area contributed by atoms with Crippen LogP contribution in [0.4, 0.5) is 4.39 Å². The molecule has 1 nitrogen and oxygen atoms in total. The van der Waals surface area contributed by atoms with E-state index in [9.17, 15) is 4.39 Å². The van der Waals surface area contributed by atoms with Gasteiger partial charge in [0.25, 0.3) is 0 Å². The lowest BCUT2D eigenvalue weighted by atomic mass is 10.2. The highest BCUT2D eigenvalue weighted by atomic mass is 127. The van der Waals surface area contributed by atoms with Crippen molar-refractivity contribution in [2.24, 2.45) is 0 Å². The van der Waals surface area contributed by atoms with E-state index in [1.807, 2.05) is 0 Å². The first-order valence-corrected chi connectivity index (χ1v) is 4.36. The van der Waals surface area contributed by atoms with Crippen molar-refractivity contribution < 1.29 is 9.50 Å². The third kappa shape index (κ3) is 2.41. The highest BCUT2D eigenvalue weighted by molar-refractivity contribution is 14.1. The summed E-state index contributed by atoms with van der Waals surface area (Å²) >= 11 is 2.06. The Balaban J connectivity index is 2.90. The third-order valence-electron chi connectivity index (χ3n) is 1.40. The van der Waals surface area contributed by atoms with Crippen molar-refractivity contribution in [1.82, 2.24) is 0 Å². The number of aliphatic hydroxyl groups is 1. The fourth-order valence-corrected chi connectivity index (χ4v) is 1.59. The van der Waals surface area contributed by atoms with E-state index in [1.165, 1.54) is 12.1 Å². The molecule has 0 aliphatic carbocycles. The van der Waals surface area contributed by atoms with Crippen molar-refractivity contribution in [3.05, 3.63) is 33.1 Å². The average molecular weight is 266 g/mol. The minimum absolute atomic E-state index is 0.113. The van der Waals surface area contributed by atoms with Crippen LogP contribution in [-0.4, -0.2) is 11.7 Å². The van der Waals surface area contributed by atoms with Gasteiger partial charge in [-0.15, -0.1) is 0 Å². The lowest BCUT2D eigenvalue weighted by molar-refractivity contribution is 0.299. The molecular formula is C8H8FIO. The molecule has 0 aliphatic heterocycles. The molecule has 0 saturated heterocycles. The van der Waals surface area contributed by atoms with Crippen LogP contribution in [0.2, 0.25) is 0 Å². The summed E-state index contributed by atoms with van der Waals surface area (Å²) in [7, 11) is 0. The largest absolute Gasteiger partial charge is 0.396 e. The van der Waals surface area contributed by atoms with E-state index in [0.717, 1.165) is 9.13 Å². The van der Waals surface area contributed by atoms with Crippen LogP contribution in [0.25, 0.3) is 0 Å². The number of aliphatic hydroxyl groups excluding tert-OH is 1. The van der Waals surface area contributed by atoms with Gasteiger partial charge in [-0.2, -0.15) is 0 Å². The molecule has 1 aromatic carbocycles. The minimum Gasteiger partial charge on any atom is -0.396 e. The summed E-state index contributed by atoms with van der Waals surface area (Å²) in [5.41, 5.74) is 0.995. The maximum atomic E-state index is 12.5. The van der Waals surface area contributed by atoms with Crippen LogP contribution in [-0.2, 0) is 6.42 Å². The fourth-order valence-electron chi connectivity index (χ4n) is 0.845. The fraction of sp³-hybridized carbons (Fsp3) is 0.250. The Labute approximate surface area is 78.4 Å². The molecule has 0 aromatic heterocycles. The molecule has 0 aliphatic rings. The van der Waals surface area contributed by atoms with Gasteiger partial charge in [-0.25, -0.2) is 4.39 Å². The highest BCUT2D eigenvalue weighted by Crippen LogP contribution is 2.13. The molecule has 0 fully saturated rings. The zero-order chi connectivity index (χ0) is 8.27. The third-order valence-corrected chi connectivity index (χ3v) is 2.40. The van der Waals surface area contributed by atoms with Crippen molar-refractivity contribution in [3.8, 4) is 0 Å². The maximum absolute atomic E-state index is 12.5. The first kappa shape index (κ1) is 8.93. The van der Waals surface area contributed by atoms with Crippen molar-refractivity contribution >= 4 is 22.6 Å². The summed E-state index contributed by atoms with van der Waals surface area (Å²) in [5, 5.41) is 8.62. The number of hydrogen-bond acceptors (Lipinski definition) is 1. The summed E-state index contributed by atoms with van der Waals surface area (Å²) in [6.45, 7) is 0.113. The van der Waals surface area contributed by atoms with Gasteiger partial charge in [0.15, 0.2) is 0 Å². The van der Waals surface area contributed by atoms with Crippen molar-refractivity contribution in [2.45, 2.75) is 6.42 Å².